The molecule has 6 heteroatoms. The average Bonchev–Trinajstić information content (AvgIpc) is 2.97. The quantitative estimate of drug-likeness (QED) is 0.863. The maximum atomic E-state index is 12.3. The van der Waals surface area contributed by atoms with E-state index in [0.29, 0.717) is 19.7 Å². The van der Waals surface area contributed by atoms with Crippen molar-refractivity contribution in [1.82, 2.24) is 10.6 Å². The molecule has 1 aromatic heterocycles. The normalized spacial score (nSPS) is 23.2. The monoisotopic (exact) mass is 332 g/mol. The first-order chi connectivity index (χ1) is 8.68. The molecule has 1 unspecified atom stereocenters. The van der Waals surface area contributed by atoms with E-state index in [1.807, 2.05) is 11.4 Å². The Kier molecular flexibility index (Phi) is 4.77. The number of ether oxygens (including phenoxy) is 1. The molecule has 100 valence electrons. The zero-order valence-electron chi connectivity index (χ0n) is 10.3. The SMILES string of the molecule is COCC1(C(=O)NCc2sccc2Br)CCNC1. The lowest BCUT2D eigenvalue weighted by atomic mass is 9.87. The molecule has 1 aliphatic heterocycles. The van der Waals surface area contributed by atoms with Crippen molar-refractivity contribution in [3.05, 3.63) is 20.8 Å². The van der Waals surface area contributed by atoms with Crippen LogP contribution in [0.3, 0.4) is 0 Å². The van der Waals surface area contributed by atoms with Crippen LogP contribution in [0.2, 0.25) is 0 Å². The first kappa shape index (κ1) is 14.0. The first-order valence-electron chi connectivity index (χ1n) is 5.88. The maximum Gasteiger partial charge on any atom is 0.230 e. The van der Waals surface area contributed by atoms with Gasteiger partial charge in [-0.15, -0.1) is 11.3 Å². The minimum absolute atomic E-state index is 0.0784. The van der Waals surface area contributed by atoms with E-state index in [0.717, 1.165) is 22.3 Å². The number of carbonyl (C=O) groups excluding carboxylic acids is 1. The Hall–Kier alpha value is -0.430. The van der Waals surface area contributed by atoms with Gasteiger partial charge >= 0.3 is 0 Å². The fraction of sp³-hybridized carbons (Fsp3) is 0.583. The lowest BCUT2D eigenvalue weighted by molar-refractivity contribution is -0.133. The summed E-state index contributed by atoms with van der Waals surface area (Å²) in [5.74, 6) is 0.0784. The molecular weight excluding hydrogens is 316 g/mol. The van der Waals surface area contributed by atoms with Crippen LogP contribution >= 0.6 is 27.3 Å². The molecule has 1 aliphatic rings. The lowest BCUT2D eigenvalue weighted by Gasteiger charge is -2.25. The Morgan fingerprint density at radius 2 is 2.56 bits per heavy atom. The number of hydrogen-bond donors (Lipinski definition) is 2. The molecule has 0 radical (unpaired) electrons. The summed E-state index contributed by atoms with van der Waals surface area (Å²) in [5.41, 5.74) is -0.404. The van der Waals surface area contributed by atoms with E-state index >= 15 is 0 Å². The summed E-state index contributed by atoms with van der Waals surface area (Å²) in [4.78, 5) is 13.5. The summed E-state index contributed by atoms with van der Waals surface area (Å²) in [6, 6.07) is 1.99. The number of amides is 1. The Labute approximate surface area is 119 Å². The molecule has 0 bridgehead atoms. The van der Waals surface area contributed by atoms with Crippen molar-refractivity contribution >= 4 is 33.2 Å². The van der Waals surface area contributed by atoms with Crippen LogP contribution in [0, 0.1) is 5.41 Å². The summed E-state index contributed by atoms with van der Waals surface area (Å²) >= 11 is 5.10. The number of carbonyl (C=O) groups is 1. The largest absolute Gasteiger partial charge is 0.384 e. The highest BCUT2D eigenvalue weighted by Crippen LogP contribution is 2.27. The van der Waals surface area contributed by atoms with Gasteiger partial charge in [-0.1, -0.05) is 0 Å². The van der Waals surface area contributed by atoms with E-state index in [-0.39, 0.29) is 5.91 Å². The third-order valence-electron chi connectivity index (χ3n) is 3.25. The van der Waals surface area contributed by atoms with Gasteiger partial charge in [0.2, 0.25) is 5.91 Å². The number of nitrogens with one attached hydrogen (secondary N) is 2. The summed E-state index contributed by atoms with van der Waals surface area (Å²) in [5, 5.41) is 8.26. The lowest BCUT2D eigenvalue weighted by Crippen LogP contribution is -2.45. The molecule has 1 saturated heterocycles. The highest BCUT2D eigenvalue weighted by Gasteiger charge is 2.41. The summed E-state index contributed by atoms with van der Waals surface area (Å²) in [7, 11) is 1.64. The molecule has 1 amide bonds. The van der Waals surface area contributed by atoms with Crippen LogP contribution in [0.15, 0.2) is 15.9 Å². The second kappa shape index (κ2) is 6.14. The minimum Gasteiger partial charge on any atom is -0.384 e. The summed E-state index contributed by atoms with van der Waals surface area (Å²) in [6.07, 6.45) is 0.832. The van der Waals surface area contributed by atoms with Crippen LogP contribution in [-0.4, -0.2) is 32.7 Å². The third kappa shape index (κ3) is 2.93. The number of rotatable bonds is 5. The van der Waals surface area contributed by atoms with Crippen LogP contribution in [0.25, 0.3) is 0 Å². The predicted octanol–water partition coefficient (Wildman–Crippen LogP) is 1.75. The van der Waals surface area contributed by atoms with Crippen molar-refractivity contribution in [1.29, 1.82) is 0 Å². The van der Waals surface area contributed by atoms with Crippen LogP contribution in [0.4, 0.5) is 0 Å². The Bertz CT molecular complexity index is 416. The summed E-state index contributed by atoms with van der Waals surface area (Å²) < 4.78 is 6.26. The molecule has 1 fully saturated rings. The van der Waals surface area contributed by atoms with E-state index in [1.54, 1.807) is 18.4 Å². The number of thiophene rings is 1. The molecule has 1 aromatic rings. The van der Waals surface area contributed by atoms with E-state index in [9.17, 15) is 4.79 Å². The Morgan fingerprint density at radius 3 is 3.11 bits per heavy atom. The molecule has 18 heavy (non-hydrogen) atoms. The van der Waals surface area contributed by atoms with Gasteiger partial charge in [0.15, 0.2) is 0 Å². The standard InChI is InChI=1S/C12H17BrN2O2S/c1-17-8-12(3-4-14-7-12)11(16)15-6-10-9(13)2-5-18-10/h2,5,14H,3-4,6-8H2,1H3,(H,15,16). The van der Waals surface area contributed by atoms with Gasteiger partial charge in [-0.05, 0) is 40.3 Å². The van der Waals surface area contributed by atoms with Gasteiger partial charge in [0.1, 0.15) is 0 Å². The van der Waals surface area contributed by atoms with Crippen molar-refractivity contribution in [3.63, 3.8) is 0 Å². The van der Waals surface area contributed by atoms with Crippen molar-refractivity contribution in [2.45, 2.75) is 13.0 Å². The van der Waals surface area contributed by atoms with Crippen LogP contribution < -0.4 is 10.6 Å². The van der Waals surface area contributed by atoms with Gasteiger partial charge in [0.05, 0.1) is 18.6 Å². The van der Waals surface area contributed by atoms with Crippen molar-refractivity contribution < 1.29 is 9.53 Å². The second-order valence-electron chi connectivity index (χ2n) is 4.51. The highest BCUT2D eigenvalue weighted by molar-refractivity contribution is 9.10. The Balaban J connectivity index is 1.96. The van der Waals surface area contributed by atoms with Crippen molar-refractivity contribution in [2.24, 2.45) is 5.41 Å². The van der Waals surface area contributed by atoms with Crippen LogP contribution in [0.5, 0.6) is 0 Å². The van der Waals surface area contributed by atoms with Gasteiger partial charge in [-0.2, -0.15) is 0 Å². The van der Waals surface area contributed by atoms with E-state index in [1.165, 1.54) is 0 Å². The van der Waals surface area contributed by atoms with Gasteiger partial charge in [0.25, 0.3) is 0 Å². The van der Waals surface area contributed by atoms with E-state index in [2.05, 4.69) is 26.6 Å². The number of methoxy groups -OCH3 is 1. The predicted molar refractivity (Wildman–Crippen MR) is 75.7 cm³/mol. The molecule has 2 rings (SSSR count). The first-order valence-corrected chi connectivity index (χ1v) is 7.55. The third-order valence-corrected chi connectivity index (χ3v) is 5.17. The molecule has 4 nitrogen and oxygen atoms in total. The molecule has 0 spiro atoms. The molecule has 2 heterocycles. The van der Waals surface area contributed by atoms with E-state index in [4.69, 9.17) is 4.74 Å². The minimum atomic E-state index is -0.404. The molecule has 0 aromatic carbocycles. The fourth-order valence-electron chi connectivity index (χ4n) is 2.20. The van der Waals surface area contributed by atoms with Gasteiger partial charge in [-0.25, -0.2) is 0 Å². The molecule has 1 atom stereocenters. The molecule has 0 saturated carbocycles. The average molecular weight is 333 g/mol. The van der Waals surface area contributed by atoms with Crippen LogP contribution in [-0.2, 0) is 16.1 Å². The topological polar surface area (TPSA) is 50.4 Å². The van der Waals surface area contributed by atoms with Crippen molar-refractivity contribution in [2.75, 3.05) is 26.8 Å². The second-order valence-corrected chi connectivity index (χ2v) is 6.37. The Morgan fingerprint density at radius 1 is 1.72 bits per heavy atom. The van der Waals surface area contributed by atoms with Crippen molar-refractivity contribution in [3.8, 4) is 0 Å². The number of hydrogen-bond acceptors (Lipinski definition) is 4. The molecular formula is C12H17BrN2O2S. The van der Waals surface area contributed by atoms with Gasteiger partial charge in [0, 0.05) is 23.0 Å². The van der Waals surface area contributed by atoms with Gasteiger partial charge < -0.3 is 15.4 Å². The van der Waals surface area contributed by atoms with Gasteiger partial charge in [-0.3, -0.25) is 4.79 Å². The number of halogens is 1. The zero-order valence-corrected chi connectivity index (χ0v) is 12.7. The van der Waals surface area contributed by atoms with Crippen LogP contribution in [0.1, 0.15) is 11.3 Å². The smallest absolute Gasteiger partial charge is 0.230 e. The van der Waals surface area contributed by atoms with E-state index < -0.39 is 5.41 Å². The highest BCUT2D eigenvalue weighted by atomic mass is 79.9. The molecule has 2 N–H and O–H groups in total. The fourth-order valence-corrected chi connectivity index (χ4v) is 3.63. The molecule has 0 aliphatic carbocycles. The maximum absolute atomic E-state index is 12.3. The summed E-state index contributed by atoms with van der Waals surface area (Å²) in [6.45, 7) is 2.61. The zero-order chi connectivity index (χ0) is 13.0.